The first-order chi connectivity index (χ1) is 23.2. The highest BCUT2D eigenvalue weighted by atomic mass is 32.2. The predicted molar refractivity (Wildman–Crippen MR) is 177 cm³/mol. The third kappa shape index (κ3) is 5.69. The minimum Gasteiger partial charge on any atom is -0.471 e. The van der Waals surface area contributed by atoms with Gasteiger partial charge < -0.3 is 23.8 Å². The maximum Gasteiger partial charge on any atom is 0.278 e. The summed E-state index contributed by atoms with van der Waals surface area (Å²) >= 11 is 0. The van der Waals surface area contributed by atoms with Gasteiger partial charge in [-0.2, -0.15) is 0 Å². The lowest BCUT2D eigenvalue weighted by atomic mass is 10.0. The first-order valence-electron chi connectivity index (χ1n) is 14.9. The fourth-order valence-electron chi connectivity index (χ4n) is 5.74. The van der Waals surface area contributed by atoms with Crippen LogP contribution in [0.25, 0.3) is 55.8 Å². The molecule has 0 spiro atoms. The van der Waals surface area contributed by atoms with Crippen LogP contribution in [-0.4, -0.2) is 61.7 Å². The van der Waals surface area contributed by atoms with Crippen molar-refractivity contribution < 1.29 is 40.3 Å². The monoisotopic (exact) mass is 691 g/mol. The number of hydrogen-bond acceptors (Lipinski definition) is 8. The summed E-state index contributed by atoms with van der Waals surface area (Å²) in [7, 11) is -0.971. The minimum absolute atomic E-state index is 0.0496. The summed E-state index contributed by atoms with van der Waals surface area (Å²) in [5.74, 6) is -3.44. The number of aromatic nitrogens is 3. The Kier molecular flexibility index (Phi) is 7.54. The number of benzene rings is 2. The molecule has 11 nitrogen and oxygen atoms in total. The number of hydrogen-bond donors (Lipinski definition) is 1. The highest BCUT2D eigenvalue weighted by Gasteiger charge is 2.29. The number of ether oxygens (including phenoxy) is 2. The SMILES string of the molecule is CNC(=O)c1c(-c2ccc(OCC(C)(F)F)nc2)oc2cc(N(C)S(C)(=O)=O)c(-c3ccc4c(n3)-c3cc5c(F)cccc5n3CO4)cc12. The molecule has 0 atom stereocenters. The second-order valence-electron chi connectivity index (χ2n) is 11.7. The number of furan rings is 1. The van der Waals surface area contributed by atoms with Crippen LogP contribution in [0.5, 0.6) is 11.6 Å². The van der Waals surface area contributed by atoms with Gasteiger partial charge in [0, 0.05) is 61.2 Å². The van der Waals surface area contributed by atoms with Crippen molar-refractivity contribution in [3.63, 3.8) is 0 Å². The van der Waals surface area contributed by atoms with Crippen molar-refractivity contribution in [2.75, 3.05) is 31.3 Å². The van der Waals surface area contributed by atoms with Crippen molar-refractivity contribution in [1.29, 1.82) is 0 Å². The molecule has 0 bridgehead atoms. The van der Waals surface area contributed by atoms with Crippen LogP contribution < -0.4 is 19.1 Å². The summed E-state index contributed by atoms with van der Waals surface area (Å²) in [6.45, 7) is 0.00297. The molecule has 0 saturated heterocycles. The lowest BCUT2D eigenvalue weighted by molar-refractivity contribution is -0.0242. The number of carbonyl (C=O) groups excluding carboxylic acids is 1. The van der Waals surface area contributed by atoms with E-state index >= 15 is 0 Å². The normalized spacial score (nSPS) is 12.8. The van der Waals surface area contributed by atoms with E-state index < -0.39 is 34.3 Å². The number of nitrogens with zero attached hydrogens (tertiary/aromatic N) is 4. The Morgan fingerprint density at radius 1 is 1.12 bits per heavy atom. The highest BCUT2D eigenvalue weighted by molar-refractivity contribution is 7.92. The van der Waals surface area contributed by atoms with Gasteiger partial charge in [0.15, 0.2) is 13.3 Å². The second kappa shape index (κ2) is 11.5. The maximum atomic E-state index is 14.7. The topological polar surface area (TPSA) is 129 Å². The van der Waals surface area contributed by atoms with E-state index in [2.05, 4.69) is 10.3 Å². The average molecular weight is 692 g/mol. The van der Waals surface area contributed by atoms with E-state index in [0.717, 1.165) is 17.5 Å². The van der Waals surface area contributed by atoms with Crippen LogP contribution in [0.4, 0.5) is 18.9 Å². The van der Waals surface area contributed by atoms with Crippen molar-refractivity contribution in [3.05, 3.63) is 78.2 Å². The number of carbonyl (C=O) groups is 1. The lowest BCUT2D eigenvalue weighted by Gasteiger charge is -2.23. The Morgan fingerprint density at radius 2 is 1.92 bits per heavy atom. The minimum atomic E-state index is -3.80. The van der Waals surface area contributed by atoms with Crippen molar-refractivity contribution in [1.82, 2.24) is 19.9 Å². The van der Waals surface area contributed by atoms with Gasteiger partial charge in [0.05, 0.1) is 34.4 Å². The zero-order chi connectivity index (χ0) is 34.8. The number of fused-ring (bicyclic) bond motifs is 6. The van der Waals surface area contributed by atoms with Gasteiger partial charge in [-0.1, -0.05) is 6.07 Å². The Bertz CT molecular complexity index is 2400. The van der Waals surface area contributed by atoms with Crippen LogP contribution in [0.15, 0.2) is 71.3 Å². The Labute approximate surface area is 277 Å². The molecule has 7 rings (SSSR count). The van der Waals surface area contributed by atoms with E-state index in [0.29, 0.717) is 50.2 Å². The van der Waals surface area contributed by atoms with Crippen LogP contribution in [0.2, 0.25) is 0 Å². The average Bonchev–Trinajstić information content (AvgIpc) is 3.65. The van der Waals surface area contributed by atoms with Gasteiger partial charge in [-0.15, -0.1) is 0 Å². The molecule has 1 amide bonds. The molecule has 252 valence electrons. The van der Waals surface area contributed by atoms with Gasteiger partial charge in [0.1, 0.15) is 28.6 Å². The molecule has 6 aromatic rings. The molecule has 0 saturated carbocycles. The molecule has 2 aromatic carbocycles. The zero-order valence-corrected chi connectivity index (χ0v) is 27.4. The second-order valence-corrected chi connectivity index (χ2v) is 13.7. The summed E-state index contributed by atoms with van der Waals surface area (Å²) in [6, 6.07) is 15.8. The summed E-state index contributed by atoms with van der Waals surface area (Å²) in [6.07, 6.45) is 2.38. The highest BCUT2D eigenvalue weighted by Crippen LogP contribution is 2.43. The van der Waals surface area contributed by atoms with E-state index in [-0.39, 0.29) is 35.2 Å². The van der Waals surface area contributed by atoms with Gasteiger partial charge in [-0.25, -0.2) is 31.6 Å². The van der Waals surface area contributed by atoms with Crippen LogP contribution in [0.1, 0.15) is 17.3 Å². The first kappa shape index (κ1) is 32.0. The quantitative estimate of drug-likeness (QED) is 0.193. The molecule has 0 unspecified atom stereocenters. The van der Waals surface area contributed by atoms with Crippen molar-refractivity contribution >= 4 is 43.5 Å². The molecule has 49 heavy (non-hydrogen) atoms. The molecule has 1 aliphatic heterocycles. The van der Waals surface area contributed by atoms with E-state index in [1.165, 1.54) is 44.6 Å². The van der Waals surface area contributed by atoms with Crippen LogP contribution >= 0.6 is 0 Å². The van der Waals surface area contributed by atoms with Crippen molar-refractivity contribution in [3.8, 4) is 45.6 Å². The van der Waals surface area contributed by atoms with Crippen LogP contribution in [-0.2, 0) is 16.8 Å². The van der Waals surface area contributed by atoms with Crippen molar-refractivity contribution in [2.45, 2.75) is 19.6 Å². The van der Waals surface area contributed by atoms with E-state index in [1.54, 1.807) is 41.0 Å². The fourth-order valence-corrected chi connectivity index (χ4v) is 6.25. The predicted octanol–water partition coefficient (Wildman–Crippen LogP) is 6.46. The molecule has 1 aliphatic rings. The Morgan fingerprint density at radius 3 is 2.61 bits per heavy atom. The van der Waals surface area contributed by atoms with E-state index in [1.807, 2.05) is 0 Å². The lowest BCUT2D eigenvalue weighted by Crippen LogP contribution is -2.25. The molecule has 0 fully saturated rings. The number of nitrogens with one attached hydrogen (secondary N) is 1. The third-order valence-corrected chi connectivity index (χ3v) is 9.38. The van der Waals surface area contributed by atoms with Gasteiger partial charge in [-0.05, 0) is 42.5 Å². The number of pyridine rings is 2. The number of rotatable bonds is 8. The van der Waals surface area contributed by atoms with Gasteiger partial charge >= 0.3 is 0 Å². The summed E-state index contributed by atoms with van der Waals surface area (Å²) in [5.41, 5.74) is 3.21. The smallest absolute Gasteiger partial charge is 0.278 e. The maximum absolute atomic E-state index is 14.7. The van der Waals surface area contributed by atoms with Crippen LogP contribution in [0.3, 0.4) is 0 Å². The zero-order valence-electron chi connectivity index (χ0n) is 26.5. The standard InChI is InChI=1S/C34H28F3N5O6S/c1-34(36,37)16-46-29-11-8-18(15-39-29)32-30(33(43)38-2)21-12-20(25(14-28(21)48-32)41(3)49(4,44)45)23-9-10-27-31(40-23)26-13-19-22(35)6-5-7-24(19)42(26)17-47-27/h5-15H,16-17H2,1-4H3,(H,38,43). The molecule has 1 N–H and O–H groups in total. The van der Waals surface area contributed by atoms with Crippen LogP contribution in [0, 0.1) is 5.82 Å². The van der Waals surface area contributed by atoms with E-state index in [9.17, 15) is 26.4 Å². The Balaban J connectivity index is 1.41. The molecule has 0 radical (unpaired) electrons. The van der Waals surface area contributed by atoms with Gasteiger partial charge in [0.2, 0.25) is 15.9 Å². The number of halogens is 3. The molecule has 4 aromatic heterocycles. The molecule has 15 heteroatoms. The van der Waals surface area contributed by atoms with Crippen molar-refractivity contribution in [2.24, 2.45) is 0 Å². The molecule has 0 aliphatic carbocycles. The molecular weight excluding hydrogens is 663 g/mol. The number of amides is 1. The molecule has 5 heterocycles. The fraction of sp³-hybridized carbons (Fsp3) is 0.206. The number of alkyl halides is 2. The number of anilines is 1. The van der Waals surface area contributed by atoms with Gasteiger partial charge in [-0.3, -0.25) is 9.10 Å². The summed E-state index contributed by atoms with van der Waals surface area (Å²) in [4.78, 5) is 22.3. The third-order valence-electron chi connectivity index (χ3n) is 8.19. The van der Waals surface area contributed by atoms with E-state index in [4.69, 9.17) is 18.9 Å². The Hall–Kier alpha value is -5.57. The first-order valence-corrected chi connectivity index (χ1v) is 16.7. The van der Waals surface area contributed by atoms with Gasteiger partial charge in [0.25, 0.3) is 11.8 Å². The summed E-state index contributed by atoms with van der Waals surface area (Å²) < 4.78 is 87.1. The number of sulfonamides is 1. The largest absolute Gasteiger partial charge is 0.471 e. The summed E-state index contributed by atoms with van der Waals surface area (Å²) in [5, 5.41) is 3.35. The molecular formula is C34H28F3N5O6S.